The van der Waals surface area contributed by atoms with E-state index in [-0.39, 0.29) is 0 Å². The van der Waals surface area contributed by atoms with E-state index in [4.69, 9.17) is 10.00 Å². The topological polar surface area (TPSA) is 50.8 Å². The fraction of sp³-hybridized carbons (Fsp3) is 0.600. The molecule has 4 nitrogen and oxygen atoms in total. The van der Waals surface area contributed by atoms with Gasteiger partial charge in [-0.05, 0) is 20.8 Å². The smallest absolute Gasteiger partial charge is 0.216 e. The monoisotopic (exact) mass is 193 g/mol. The number of hydrogen-bond donors (Lipinski definition) is 0. The van der Waals surface area contributed by atoms with Crippen molar-refractivity contribution in [2.45, 2.75) is 26.2 Å². The lowest BCUT2D eigenvalue weighted by atomic mass is 9.86. The van der Waals surface area contributed by atoms with Crippen molar-refractivity contribution in [2.75, 3.05) is 7.11 Å². The molecule has 0 aliphatic carbocycles. The van der Waals surface area contributed by atoms with Crippen molar-refractivity contribution in [3.8, 4) is 11.9 Å². The first kappa shape index (κ1) is 10.6. The Morgan fingerprint density at radius 2 is 2.07 bits per heavy atom. The summed E-state index contributed by atoms with van der Waals surface area (Å²) < 4.78 is 6.89. The van der Waals surface area contributed by atoms with Crippen LogP contribution in [0, 0.1) is 18.3 Å². The van der Waals surface area contributed by atoms with Gasteiger partial charge in [-0.15, -0.1) is 0 Å². The maximum Gasteiger partial charge on any atom is 0.216 e. The summed E-state index contributed by atoms with van der Waals surface area (Å²) >= 11 is 0. The van der Waals surface area contributed by atoms with E-state index in [9.17, 15) is 0 Å². The first-order chi connectivity index (χ1) is 6.44. The first-order valence-corrected chi connectivity index (χ1v) is 4.43. The molecule has 0 atom stereocenters. The number of nitriles is 1. The number of aryl methyl sites for hydroxylation is 2. The van der Waals surface area contributed by atoms with Crippen molar-refractivity contribution >= 4 is 0 Å². The molecule has 0 aliphatic heterocycles. The SMILES string of the molecule is COc1c(C(C)(C)C#N)c(C)nn1C. The van der Waals surface area contributed by atoms with E-state index in [2.05, 4.69) is 11.2 Å². The molecule has 0 spiro atoms. The van der Waals surface area contributed by atoms with E-state index < -0.39 is 5.41 Å². The zero-order valence-electron chi connectivity index (χ0n) is 9.25. The maximum atomic E-state index is 9.06. The Labute approximate surface area is 84.1 Å². The average molecular weight is 193 g/mol. The third-order valence-corrected chi connectivity index (χ3v) is 2.27. The van der Waals surface area contributed by atoms with Gasteiger partial charge in [0.15, 0.2) is 0 Å². The molecule has 0 amide bonds. The lowest BCUT2D eigenvalue weighted by molar-refractivity contribution is 0.364. The van der Waals surface area contributed by atoms with Crippen LogP contribution in [0.4, 0.5) is 0 Å². The molecule has 1 aromatic rings. The summed E-state index contributed by atoms with van der Waals surface area (Å²) in [6.45, 7) is 5.61. The summed E-state index contributed by atoms with van der Waals surface area (Å²) in [6, 6.07) is 2.25. The van der Waals surface area contributed by atoms with E-state index in [0.717, 1.165) is 11.3 Å². The van der Waals surface area contributed by atoms with Gasteiger partial charge in [-0.2, -0.15) is 10.4 Å². The zero-order chi connectivity index (χ0) is 10.9. The van der Waals surface area contributed by atoms with Crippen molar-refractivity contribution in [3.63, 3.8) is 0 Å². The van der Waals surface area contributed by atoms with Crippen LogP contribution in [0.1, 0.15) is 25.1 Å². The summed E-state index contributed by atoms with van der Waals surface area (Å²) in [5.74, 6) is 0.661. The highest BCUT2D eigenvalue weighted by molar-refractivity contribution is 5.41. The first-order valence-electron chi connectivity index (χ1n) is 4.43. The molecule has 1 heterocycles. The molecule has 4 heteroatoms. The highest BCUT2D eigenvalue weighted by Gasteiger charge is 2.29. The summed E-state index contributed by atoms with van der Waals surface area (Å²) in [5.41, 5.74) is 1.14. The predicted octanol–water partition coefficient (Wildman–Crippen LogP) is 1.54. The summed E-state index contributed by atoms with van der Waals surface area (Å²) in [5, 5.41) is 13.3. The number of aromatic nitrogens is 2. The molecular weight excluding hydrogens is 178 g/mol. The number of nitrogens with zero attached hydrogens (tertiary/aromatic N) is 3. The van der Waals surface area contributed by atoms with Crippen molar-refractivity contribution in [1.29, 1.82) is 5.26 Å². The summed E-state index contributed by atoms with van der Waals surface area (Å²) in [7, 11) is 3.40. The molecule has 0 N–H and O–H groups in total. The molecule has 0 aromatic carbocycles. The lowest BCUT2D eigenvalue weighted by Crippen LogP contribution is -2.16. The summed E-state index contributed by atoms with van der Waals surface area (Å²) in [4.78, 5) is 0. The van der Waals surface area contributed by atoms with Gasteiger partial charge in [0.2, 0.25) is 5.88 Å². The molecule has 76 valence electrons. The van der Waals surface area contributed by atoms with Crippen molar-refractivity contribution in [2.24, 2.45) is 7.05 Å². The summed E-state index contributed by atoms with van der Waals surface area (Å²) in [6.07, 6.45) is 0. The van der Waals surface area contributed by atoms with Crippen molar-refractivity contribution in [3.05, 3.63) is 11.3 Å². The van der Waals surface area contributed by atoms with Gasteiger partial charge < -0.3 is 4.74 Å². The predicted molar refractivity (Wildman–Crippen MR) is 53.1 cm³/mol. The Kier molecular flexibility index (Phi) is 2.52. The third-order valence-electron chi connectivity index (χ3n) is 2.27. The number of methoxy groups -OCH3 is 1. The molecule has 1 aromatic heterocycles. The lowest BCUT2D eigenvalue weighted by Gasteiger charge is -2.16. The van der Waals surface area contributed by atoms with Gasteiger partial charge >= 0.3 is 0 Å². The van der Waals surface area contributed by atoms with Crippen molar-refractivity contribution < 1.29 is 4.74 Å². The molecule has 14 heavy (non-hydrogen) atoms. The van der Waals surface area contributed by atoms with Crippen molar-refractivity contribution in [1.82, 2.24) is 9.78 Å². The van der Waals surface area contributed by atoms with E-state index >= 15 is 0 Å². The Morgan fingerprint density at radius 3 is 2.50 bits per heavy atom. The number of hydrogen-bond acceptors (Lipinski definition) is 3. The second-order valence-electron chi connectivity index (χ2n) is 3.83. The van der Waals surface area contributed by atoms with Crippen LogP contribution < -0.4 is 4.74 Å². The van der Waals surface area contributed by atoms with E-state index in [1.54, 1.807) is 11.8 Å². The Bertz CT molecular complexity index is 385. The van der Waals surface area contributed by atoms with Gasteiger partial charge in [-0.3, -0.25) is 0 Å². The Morgan fingerprint density at radius 1 is 1.50 bits per heavy atom. The highest BCUT2D eigenvalue weighted by Crippen LogP contribution is 2.33. The number of rotatable bonds is 2. The van der Waals surface area contributed by atoms with Gasteiger partial charge in [-0.1, -0.05) is 0 Å². The number of ether oxygens (including phenoxy) is 1. The molecule has 0 bridgehead atoms. The minimum atomic E-state index is -0.566. The largest absolute Gasteiger partial charge is 0.481 e. The molecule has 0 radical (unpaired) electrons. The molecular formula is C10H15N3O. The second-order valence-corrected chi connectivity index (χ2v) is 3.83. The average Bonchev–Trinajstić information content (AvgIpc) is 2.40. The van der Waals surface area contributed by atoms with Crippen LogP contribution in [-0.4, -0.2) is 16.9 Å². The fourth-order valence-corrected chi connectivity index (χ4v) is 1.65. The van der Waals surface area contributed by atoms with E-state index in [1.807, 2.05) is 27.8 Å². The van der Waals surface area contributed by atoms with Crippen LogP contribution in [0.5, 0.6) is 5.88 Å². The molecule has 0 fully saturated rings. The van der Waals surface area contributed by atoms with Crippen LogP contribution in [0.25, 0.3) is 0 Å². The fourth-order valence-electron chi connectivity index (χ4n) is 1.65. The Hall–Kier alpha value is -1.50. The van der Waals surface area contributed by atoms with Crippen LogP contribution in [-0.2, 0) is 12.5 Å². The van der Waals surface area contributed by atoms with Gasteiger partial charge in [0, 0.05) is 7.05 Å². The van der Waals surface area contributed by atoms with Gasteiger partial charge in [0.25, 0.3) is 0 Å². The molecule has 0 saturated heterocycles. The second kappa shape index (κ2) is 3.33. The van der Waals surface area contributed by atoms with Gasteiger partial charge in [0.1, 0.15) is 0 Å². The highest BCUT2D eigenvalue weighted by atomic mass is 16.5. The van der Waals surface area contributed by atoms with Crippen LogP contribution in [0.15, 0.2) is 0 Å². The van der Waals surface area contributed by atoms with Gasteiger partial charge in [-0.25, -0.2) is 4.68 Å². The quantitative estimate of drug-likeness (QED) is 0.715. The van der Waals surface area contributed by atoms with Crippen LogP contribution in [0.2, 0.25) is 0 Å². The molecule has 0 saturated carbocycles. The van der Waals surface area contributed by atoms with Gasteiger partial charge in [0.05, 0.1) is 29.9 Å². The zero-order valence-corrected chi connectivity index (χ0v) is 9.25. The minimum Gasteiger partial charge on any atom is -0.481 e. The Balaban J connectivity index is 3.41. The minimum absolute atomic E-state index is 0.566. The van der Waals surface area contributed by atoms with Crippen LogP contribution >= 0.6 is 0 Å². The molecule has 1 rings (SSSR count). The van der Waals surface area contributed by atoms with E-state index in [0.29, 0.717) is 5.88 Å². The van der Waals surface area contributed by atoms with E-state index in [1.165, 1.54) is 0 Å². The maximum absolute atomic E-state index is 9.06. The standard InChI is InChI=1S/C10H15N3O/c1-7-8(10(2,3)6-11)9(14-5)13(4)12-7/h1-5H3. The molecule has 0 unspecified atom stereocenters. The molecule has 0 aliphatic rings. The third kappa shape index (κ3) is 1.46. The normalized spacial score (nSPS) is 11.1. The van der Waals surface area contributed by atoms with Crippen LogP contribution in [0.3, 0.4) is 0 Å².